The summed E-state index contributed by atoms with van der Waals surface area (Å²) in [5.74, 6) is 0.509. The highest BCUT2D eigenvalue weighted by Gasteiger charge is 2.40. The lowest BCUT2D eigenvalue weighted by atomic mass is 9.85. The molecule has 3 aliphatic heterocycles. The van der Waals surface area contributed by atoms with Gasteiger partial charge in [0.2, 0.25) is 0 Å². The first kappa shape index (κ1) is 15.9. The van der Waals surface area contributed by atoms with E-state index in [9.17, 15) is 4.79 Å². The maximum Gasteiger partial charge on any atom is 0.318 e. The van der Waals surface area contributed by atoms with Crippen LogP contribution < -0.4 is 5.32 Å². The summed E-state index contributed by atoms with van der Waals surface area (Å²) in [7, 11) is 0. The lowest BCUT2D eigenvalue weighted by Gasteiger charge is -2.47. The van der Waals surface area contributed by atoms with E-state index in [1.807, 2.05) is 23.1 Å². The maximum absolute atomic E-state index is 12.6. The lowest BCUT2D eigenvalue weighted by Crippen LogP contribution is -2.57. The average Bonchev–Trinajstić information content (AvgIpc) is 3.06. The summed E-state index contributed by atoms with van der Waals surface area (Å²) in [6, 6.07) is 11.2. The molecule has 3 fully saturated rings. The van der Waals surface area contributed by atoms with E-state index in [-0.39, 0.29) is 18.2 Å². The van der Waals surface area contributed by atoms with Crippen molar-refractivity contribution >= 4 is 6.03 Å². The SMILES string of the molecule is CC1CN(C(=O)NCC2CN3CCCC3CO2)C1c1ccccc1. The standard InChI is InChI=1S/C19H27N3O2/c1-14-11-22(18(14)15-6-3-2-4-7-15)19(23)20-10-17-12-21-9-5-8-16(21)13-24-17/h2-4,6-7,14,16-18H,5,8-13H2,1H3,(H,20,23). The Labute approximate surface area is 144 Å². The Morgan fingerprint density at radius 1 is 1.29 bits per heavy atom. The highest BCUT2D eigenvalue weighted by Crippen LogP contribution is 2.38. The highest BCUT2D eigenvalue weighted by atomic mass is 16.5. The molecule has 0 bridgehead atoms. The van der Waals surface area contributed by atoms with E-state index < -0.39 is 0 Å². The van der Waals surface area contributed by atoms with Crippen LogP contribution in [0.15, 0.2) is 30.3 Å². The van der Waals surface area contributed by atoms with Gasteiger partial charge in [0.15, 0.2) is 0 Å². The van der Waals surface area contributed by atoms with Crippen LogP contribution in [0.4, 0.5) is 4.79 Å². The quantitative estimate of drug-likeness (QED) is 0.925. The van der Waals surface area contributed by atoms with Crippen molar-refractivity contribution in [3.05, 3.63) is 35.9 Å². The van der Waals surface area contributed by atoms with E-state index >= 15 is 0 Å². The Kier molecular flexibility index (Phi) is 4.46. The largest absolute Gasteiger partial charge is 0.373 e. The van der Waals surface area contributed by atoms with Gasteiger partial charge in [-0.15, -0.1) is 0 Å². The van der Waals surface area contributed by atoms with E-state index in [4.69, 9.17) is 4.74 Å². The first-order valence-electron chi connectivity index (χ1n) is 9.17. The minimum Gasteiger partial charge on any atom is -0.373 e. The molecule has 3 aliphatic rings. The van der Waals surface area contributed by atoms with Crippen molar-refractivity contribution in [2.45, 2.75) is 38.0 Å². The third-order valence-corrected chi connectivity index (χ3v) is 5.70. The third kappa shape index (κ3) is 3.03. The van der Waals surface area contributed by atoms with Gasteiger partial charge >= 0.3 is 6.03 Å². The van der Waals surface area contributed by atoms with E-state index in [0.717, 1.165) is 19.7 Å². The molecule has 3 heterocycles. The molecule has 3 saturated heterocycles. The third-order valence-electron chi connectivity index (χ3n) is 5.70. The summed E-state index contributed by atoms with van der Waals surface area (Å²) in [5, 5.41) is 3.09. The van der Waals surface area contributed by atoms with Crippen molar-refractivity contribution in [3.8, 4) is 0 Å². The molecule has 0 spiro atoms. The monoisotopic (exact) mass is 329 g/mol. The van der Waals surface area contributed by atoms with Crippen LogP contribution in [-0.2, 0) is 4.74 Å². The van der Waals surface area contributed by atoms with Crippen LogP contribution in [0.2, 0.25) is 0 Å². The molecule has 2 amide bonds. The van der Waals surface area contributed by atoms with Gasteiger partial charge in [0.1, 0.15) is 0 Å². The fourth-order valence-electron chi connectivity index (χ4n) is 4.37. The second kappa shape index (κ2) is 6.73. The predicted molar refractivity (Wildman–Crippen MR) is 92.8 cm³/mol. The van der Waals surface area contributed by atoms with Crippen LogP contribution >= 0.6 is 0 Å². The molecule has 5 heteroatoms. The zero-order chi connectivity index (χ0) is 16.5. The van der Waals surface area contributed by atoms with Crippen LogP contribution in [0.3, 0.4) is 0 Å². The van der Waals surface area contributed by atoms with Crippen LogP contribution in [0.5, 0.6) is 0 Å². The number of carbonyl (C=O) groups is 1. The van der Waals surface area contributed by atoms with Crippen molar-refractivity contribution in [2.75, 3.05) is 32.8 Å². The molecule has 1 N–H and O–H groups in total. The van der Waals surface area contributed by atoms with E-state index in [1.54, 1.807) is 0 Å². The number of benzene rings is 1. The fraction of sp³-hybridized carbons (Fsp3) is 0.632. The summed E-state index contributed by atoms with van der Waals surface area (Å²) >= 11 is 0. The second-order valence-corrected chi connectivity index (χ2v) is 7.42. The molecule has 0 saturated carbocycles. The molecule has 0 radical (unpaired) electrons. The van der Waals surface area contributed by atoms with E-state index in [1.165, 1.54) is 24.9 Å². The summed E-state index contributed by atoms with van der Waals surface area (Å²) in [4.78, 5) is 17.0. The number of morpholine rings is 1. The van der Waals surface area contributed by atoms with Crippen LogP contribution in [-0.4, -0.2) is 60.8 Å². The number of nitrogens with one attached hydrogen (secondary N) is 1. The van der Waals surface area contributed by atoms with Gasteiger partial charge in [0, 0.05) is 25.7 Å². The van der Waals surface area contributed by atoms with Crippen LogP contribution in [0.25, 0.3) is 0 Å². The van der Waals surface area contributed by atoms with Gasteiger partial charge < -0.3 is 15.0 Å². The Hall–Kier alpha value is -1.59. The molecular formula is C19H27N3O2. The summed E-state index contributed by atoms with van der Waals surface area (Å²) in [6.07, 6.45) is 2.65. The van der Waals surface area contributed by atoms with Gasteiger partial charge in [0.25, 0.3) is 0 Å². The van der Waals surface area contributed by atoms with Crippen LogP contribution in [0, 0.1) is 5.92 Å². The zero-order valence-electron chi connectivity index (χ0n) is 14.4. The van der Waals surface area contributed by atoms with E-state index in [0.29, 0.717) is 18.5 Å². The maximum atomic E-state index is 12.6. The van der Waals surface area contributed by atoms with Gasteiger partial charge in [-0.2, -0.15) is 0 Å². The number of hydrogen-bond donors (Lipinski definition) is 1. The fourth-order valence-corrected chi connectivity index (χ4v) is 4.37. The normalized spacial score (nSPS) is 33.0. The van der Waals surface area contributed by atoms with E-state index in [2.05, 4.69) is 29.3 Å². The smallest absolute Gasteiger partial charge is 0.318 e. The first-order valence-corrected chi connectivity index (χ1v) is 9.17. The predicted octanol–water partition coefficient (Wildman–Crippen LogP) is 2.25. The number of nitrogens with zero attached hydrogens (tertiary/aromatic N) is 2. The molecule has 130 valence electrons. The van der Waals surface area contributed by atoms with Crippen molar-refractivity contribution < 1.29 is 9.53 Å². The van der Waals surface area contributed by atoms with Crippen molar-refractivity contribution in [1.29, 1.82) is 0 Å². The van der Waals surface area contributed by atoms with Gasteiger partial charge in [-0.25, -0.2) is 4.79 Å². The van der Waals surface area contributed by atoms with Gasteiger partial charge in [-0.3, -0.25) is 4.90 Å². The molecular weight excluding hydrogens is 302 g/mol. The Balaban J connectivity index is 1.30. The minimum atomic E-state index is 0.0362. The number of ether oxygens (including phenoxy) is 1. The Morgan fingerprint density at radius 3 is 2.92 bits per heavy atom. The molecule has 24 heavy (non-hydrogen) atoms. The zero-order valence-corrected chi connectivity index (χ0v) is 14.4. The summed E-state index contributed by atoms with van der Waals surface area (Å²) in [6.45, 7) is 6.58. The number of carbonyl (C=O) groups excluding carboxylic acids is 1. The highest BCUT2D eigenvalue weighted by molar-refractivity contribution is 5.76. The van der Waals surface area contributed by atoms with Crippen molar-refractivity contribution in [1.82, 2.24) is 15.1 Å². The minimum absolute atomic E-state index is 0.0362. The summed E-state index contributed by atoms with van der Waals surface area (Å²) < 4.78 is 5.93. The number of amides is 2. The Morgan fingerprint density at radius 2 is 2.12 bits per heavy atom. The molecule has 4 atom stereocenters. The number of rotatable bonds is 3. The van der Waals surface area contributed by atoms with Gasteiger partial charge in [-0.1, -0.05) is 37.3 Å². The molecule has 1 aromatic rings. The molecule has 4 unspecified atom stereocenters. The van der Waals surface area contributed by atoms with Crippen molar-refractivity contribution in [3.63, 3.8) is 0 Å². The second-order valence-electron chi connectivity index (χ2n) is 7.42. The molecule has 1 aromatic carbocycles. The molecule has 0 aromatic heterocycles. The topological polar surface area (TPSA) is 44.8 Å². The lowest BCUT2D eigenvalue weighted by molar-refractivity contribution is -0.0469. The van der Waals surface area contributed by atoms with Gasteiger partial charge in [0.05, 0.1) is 18.8 Å². The molecule has 5 nitrogen and oxygen atoms in total. The number of hydrogen-bond acceptors (Lipinski definition) is 3. The Bertz CT molecular complexity index is 579. The average molecular weight is 329 g/mol. The number of likely N-dealkylation sites (tertiary alicyclic amines) is 1. The number of fused-ring (bicyclic) bond motifs is 1. The molecule has 4 rings (SSSR count). The summed E-state index contributed by atoms with van der Waals surface area (Å²) in [5.41, 5.74) is 1.22. The number of urea groups is 1. The van der Waals surface area contributed by atoms with Crippen molar-refractivity contribution in [2.24, 2.45) is 5.92 Å². The van der Waals surface area contributed by atoms with Crippen LogP contribution in [0.1, 0.15) is 31.4 Å². The van der Waals surface area contributed by atoms with Gasteiger partial charge in [-0.05, 0) is 30.9 Å². The first-order chi connectivity index (χ1) is 11.7. The molecule has 0 aliphatic carbocycles.